The maximum Gasteiger partial charge on any atom is 0.267 e. The zero-order valence-electron chi connectivity index (χ0n) is 15.7. The number of allylic oxidation sites excluding steroid dienone is 1. The standard InChI is InChI=1S/C20H27NO4S/c1-4-6-7-17-12-16(5-2)13-18(22)14-21(20(17)23)26(24,25)19-10-8-15(3)9-11-19/h8-12,16H,4-7,13-14H2,1-3H3/b17-12-. The van der Waals surface area contributed by atoms with Gasteiger partial charge in [0.15, 0.2) is 5.78 Å². The Kier molecular flexibility index (Phi) is 6.75. The Morgan fingerprint density at radius 2 is 1.77 bits per heavy atom. The second-order valence-electron chi connectivity index (χ2n) is 6.84. The van der Waals surface area contributed by atoms with Gasteiger partial charge in [-0.05, 0) is 44.2 Å². The maximum atomic E-state index is 13.0. The van der Waals surface area contributed by atoms with Crippen LogP contribution >= 0.6 is 0 Å². The molecule has 6 heteroatoms. The molecular weight excluding hydrogens is 350 g/mol. The van der Waals surface area contributed by atoms with Crippen molar-refractivity contribution in [2.75, 3.05) is 6.54 Å². The van der Waals surface area contributed by atoms with E-state index in [1.807, 2.05) is 26.8 Å². The first kappa shape index (κ1) is 20.4. The number of carbonyl (C=O) groups is 2. The fourth-order valence-electron chi connectivity index (χ4n) is 3.02. The van der Waals surface area contributed by atoms with Gasteiger partial charge in [0.1, 0.15) is 0 Å². The van der Waals surface area contributed by atoms with Crippen molar-refractivity contribution in [1.29, 1.82) is 0 Å². The maximum absolute atomic E-state index is 13.0. The van der Waals surface area contributed by atoms with Gasteiger partial charge in [-0.3, -0.25) is 9.59 Å². The van der Waals surface area contributed by atoms with Crippen LogP contribution in [0, 0.1) is 12.8 Å². The second kappa shape index (κ2) is 8.62. The molecule has 0 radical (unpaired) electrons. The van der Waals surface area contributed by atoms with E-state index in [1.165, 1.54) is 12.1 Å². The number of aryl methyl sites for hydroxylation is 1. The Balaban J connectivity index is 2.46. The number of hydrogen-bond acceptors (Lipinski definition) is 4. The van der Waals surface area contributed by atoms with Gasteiger partial charge in [0.25, 0.3) is 15.9 Å². The van der Waals surface area contributed by atoms with Crippen LogP contribution in [0.1, 0.15) is 51.5 Å². The highest BCUT2D eigenvalue weighted by Crippen LogP contribution is 2.26. The van der Waals surface area contributed by atoms with E-state index >= 15 is 0 Å². The summed E-state index contributed by atoms with van der Waals surface area (Å²) < 4.78 is 26.8. The number of ketones is 1. The van der Waals surface area contributed by atoms with E-state index in [1.54, 1.807) is 12.1 Å². The minimum Gasteiger partial charge on any atom is -0.298 e. The van der Waals surface area contributed by atoms with Crippen LogP contribution in [0.4, 0.5) is 0 Å². The Morgan fingerprint density at radius 3 is 2.35 bits per heavy atom. The van der Waals surface area contributed by atoms with Gasteiger partial charge >= 0.3 is 0 Å². The van der Waals surface area contributed by atoms with E-state index in [4.69, 9.17) is 0 Å². The number of benzene rings is 1. The lowest BCUT2D eigenvalue weighted by Crippen LogP contribution is -2.42. The number of sulfonamides is 1. The molecule has 0 N–H and O–H groups in total. The average Bonchev–Trinajstić information content (AvgIpc) is 2.60. The molecule has 1 aliphatic heterocycles. The Bertz CT molecular complexity index is 794. The van der Waals surface area contributed by atoms with Crippen LogP contribution in [-0.2, 0) is 19.6 Å². The van der Waals surface area contributed by atoms with Gasteiger partial charge in [-0.15, -0.1) is 0 Å². The van der Waals surface area contributed by atoms with Crippen LogP contribution in [0.3, 0.4) is 0 Å². The average molecular weight is 378 g/mol. The van der Waals surface area contributed by atoms with Gasteiger partial charge in [-0.1, -0.05) is 44.0 Å². The van der Waals surface area contributed by atoms with Crippen LogP contribution < -0.4 is 0 Å². The van der Waals surface area contributed by atoms with Gasteiger partial charge in [-0.25, -0.2) is 12.7 Å². The summed E-state index contributed by atoms with van der Waals surface area (Å²) in [6.45, 7) is 5.46. The van der Waals surface area contributed by atoms with E-state index in [-0.39, 0.29) is 23.0 Å². The number of nitrogens with zero attached hydrogens (tertiary/aromatic N) is 1. The van der Waals surface area contributed by atoms with Crippen molar-refractivity contribution < 1.29 is 18.0 Å². The third kappa shape index (κ3) is 4.61. The largest absolute Gasteiger partial charge is 0.298 e. The predicted molar refractivity (Wildman–Crippen MR) is 101 cm³/mol. The Labute approximate surface area is 156 Å². The SMILES string of the molecule is CCCC/C1=C/C(CC)CC(=O)CN(S(=O)(=O)c2ccc(C)cc2)C1=O. The molecule has 2 rings (SSSR count). The molecule has 0 saturated carbocycles. The zero-order valence-corrected chi connectivity index (χ0v) is 16.5. The van der Waals surface area contributed by atoms with Crippen LogP contribution in [0.2, 0.25) is 0 Å². The molecule has 1 aromatic rings. The van der Waals surface area contributed by atoms with Crippen molar-refractivity contribution >= 4 is 21.7 Å². The molecule has 0 aliphatic carbocycles. The minimum absolute atomic E-state index is 0.0115. The molecule has 1 aromatic carbocycles. The molecule has 26 heavy (non-hydrogen) atoms. The monoisotopic (exact) mass is 377 g/mol. The summed E-state index contributed by atoms with van der Waals surface area (Å²) in [5.41, 5.74) is 1.43. The van der Waals surface area contributed by atoms with Crippen molar-refractivity contribution in [2.45, 2.75) is 57.8 Å². The van der Waals surface area contributed by atoms with E-state index in [0.29, 0.717) is 12.0 Å². The smallest absolute Gasteiger partial charge is 0.267 e. The fraction of sp³-hybridized carbons (Fsp3) is 0.500. The number of hydrogen-bond donors (Lipinski definition) is 0. The van der Waals surface area contributed by atoms with Crippen LogP contribution in [0.15, 0.2) is 40.8 Å². The van der Waals surface area contributed by atoms with Crippen molar-refractivity contribution in [3.05, 3.63) is 41.5 Å². The zero-order chi connectivity index (χ0) is 19.3. The lowest BCUT2D eigenvalue weighted by molar-refractivity contribution is -0.128. The third-order valence-electron chi connectivity index (χ3n) is 4.68. The molecule has 1 aliphatic rings. The normalized spacial score (nSPS) is 21.1. The van der Waals surface area contributed by atoms with Gasteiger partial charge in [0, 0.05) is 12.0 Å². The summed E-state index contributed by atoms with van der Waals surface area (Å²) >= 11 is 0. The molecule has 0 spiro atoms. The first-order valence-corrected chi connectivity index (χ1v) is 10.6. The summed E-state index contributed by atoms with van der Waals surface area (Å²) in [4.78, 5) is 25.4. The summed E-state index contributed by atoms with van der Waals surface area (Å²) in [6, 6.07) is 6.32. The topological polar surface area (TPSA) is 71.5 Å². The molecule has 5 nitrogen and oxygen atoms in total. The quantitative estimate of drug-likeness (QED) is 0.759. The van der Waals surface area contributed by atoms with E-state index in [9.17, 15) is 18.0 Å². The lowest BCUT2D eigenvalue weighted by Gasteiger charge is -2.27. The Morgan fingerprint density at radius 1 is 1.12 bits per heavy atom. The molecule has 1 heterocycles. The molecule has 0 saturated heterocycles. The lowest BCUT2D eigenvalue weighted by atomic mass is 9.93. The van der Waals surface area contributed by atoms with Gasteiger partial charge in [0.05, 0.1) is 11.4 Å². The van der Waals surface area contributed by atoms with Crippen LogP contribution in [0.25, 0.3) is 0 Å². The fourth-order valence-corrected chi connectivity index (χ4v) is 4.40. The van der Waals surface area contributed by atoms with Crippen LogP contribution in [0.5, 0.6) is 0 Å². The van der Waals surface area contributed by atoms with Crippen molar-refractivity contribution in [3.8, 4) is 0 Å². The third-order valence-corrected chi connectivity index (χ3v) is 6.42. The molecular formula is C20H27NO4S. The molecule has 1 unspecified atom stereocenters. The molecule has 0 aromatic heterocycles. The van der Waals surface area contributed by atoms with Gasteiger partial charge < -0.3 is 0 Å². The molecule has 1 atom stereocenters. The second-order valence-corrected chi connectivity index (χ2v) is 8.70. The first-order valence-electron chi connectivity index (χ1n) is 9.15. The summed E-state index contributed by atoms with van der Waals surface area (Å²) in [7, 11) is -4.06. The summed E-state index contributed by atoms with van der Waals surface area (Å²) in [5, 5.41) is 0. The van der Waals surface area contributed by atoms with Gasteiger partial charge in [0.2, 0.25) is 0 Å². The predicted octanol–water partition coefficient (Wildman–Crippen LogP) is 3.63. The first-order chi connectivity index (χ1) is 12.3. The van der Waals surface area contributed by atoms with E-state index in [2.05, 4.69) is 0 Å². The summed E-state index contributed by atoms with van der Waals surface area (Å²) in [6.07, 6.45) is 5.07. The van der Waals surface area contributed by atoms with E-state index in [0.717, 1.165) is 29.1 Å². The number of carbonyl (C=O) groups excluding carboxylic acids is 2. The van der Waals surface area contributed by atoms with E-state index < -0.39 is 22.5 Å². The number of unbranched alkanes of at least 4 members (excludes halogenated alkanes) is 1. The number of amides is 1. The highest BCUT2D eigenvalue weighted by Gasteiger charge is 2.34. The molecule has 1 amide bonds. The highest BCUT2D eigenvalue weighted by atomic mass is 32.2. The summed E-state index contributed by atoms with van der Waals surface area (Å²) in [5.74, 6) is -0.806. The van der Waals surface area contributed by atoms with Crippen molar-refractivity contribution in [3.63, 3.8) is 0 Å². The molecule has 0 bridgehead atoms. The van der Waals surface area contributed by atoms with Crippen LogP contribution in [-0.4, -0.2) is 31.0 Å². The van der Waals surface area contributed by atoms with Gasteiger partial charge in [-0.2, -0.15) is 0 Å². The number of rotatable bonds is 6. The highest BCUT2D eigenvalue weighted by molar-refractivity contribution is 7.89. The molecule has 142 valence electrons. The Hall–Kier alpha value is -1.95. The van der Waals surface area contributed by atoms with Crippen molar-refractivity contribution in [2.24, 2.45) is 5.92 Å². The molecule has 0 fully saturated rings. The van der Waals surface area contributed by atoms with Crippen molar-refractivity contribution in [1.82, 2.24) is 4.31 Å². The minimum atomic E-state index is -4.06. The number of Topliss-reactive ketones (excluding diaryl/α,β-unsaturated/α-hetero) is 1.